The third-order valence-electron chi connectivity index (χ3n) is 2.76. The second-order valence-electron chi connectivity index (χ2n) is 4.00. The van der Waals surface area contributed by atoms with Gasteiger partial charge in [-0.3, -0.25) is 4.98 Å². The van der Waals surface area contributed by atoms with E-state index in [9.17, 15) is 0 Å². The summed E-state index contributed by atoms with van der Waals surface area (Å²) in [5, 5.41) is 2.10. The van der Waals surface area contributed by atoms with E-state index in [0.717, 1.165) is 12.1 Å². The third-order valence-corrected chi connectivity index (χ3v) is 3.63. The first kappa shape index (κ1) is 11.3. The van der Waals surface area contributed by atoms with E-state index in [4.69, 9.17) is 0 Å². The lowest BCUT2D eigenvalue weighted by atomic mass is 9.97. The molecule has 0 bridgehead atoms. The highest BCUT2D eigenvalue weighted by atomic mass is 32.1. The van der Waals surface area contributed by atoms with Gasteiger partial charge in [0, 0.05) is 6.20 Å². The third kappa shape index (κ3) is 2.50. The molecule has 0 saturated carbocycles. The molecule has 1 unspecified atom stereocenters. The van der Waals surface area contributed by atoms with Crippen molar-refractivity contribution in [2.24, 2.45) is 5.92 Å². The Hall–Kier alpha value is -1.15. The standard InChI is InChI=1S/C14H16NS/c1-3-11(2)10-12-6-4-8-15-14(12)13-7-5-9-16-13/h3-9,11H,10H2,1-2H3. The molecular weight excluding hydrogens is 214 g/mol. The number of nitrogens with zero attached hydrogens (tertiary/aromatic N) is 1. The number of thiophene rings is 1. The van der Waals surface area contributed by atoms with Crippen molar-refractivity contribution in [2.75, 3.05) is 0 Å². The van der Waals surface area contributed by atoms with Crippen molar-refractivity contribution in [1.29, 1.82) is 0 Å². The minimum atomic E-state index is 0.600. The van der Waals surface area contributed by atoms with Gasteiger partial charge in [0.15, 0.2) is 0 Å². The van der Waals surface area contributed by atoms with Gasteiger partial charge in [-0.25, -0.2) is 0 Å². The van der Waals surface area contributed by atoms with Crippen LogP contribution < -0.4 is 0 Å². The zero-order valence-electron chi connectivity index (χ0n) is 9.68. The first-order valence-corrected chi connectivity index (χ1v) is 6.46. The van der Waals surface area contributed by atoms with E-state index in [1.165, 1.54) is 10.4 Å². The molecule has 2 heteroatoms. The number of hydrogen-bond donors (Lipinski definition) is 0. The van der Waals surface area contributed by atoms with Gasteiger partial charge in [0.05, 0.1) is 10.6 Å². The van der Waals surface area contributed by atoms with Crippen LogP contribution >= 0.6 is 11.3 Å². The van der Waals surface area contributed by atoms with Crippen molar-refractivity contribution in [3.63, 3.8) is 0 Å². The summed E-state index contributed by atoms with van der Waals surface area (Å²) in [6.45, 7) is 4.36. The highest BCUT2D eigenvalue weighted by molar-refractivity contribution is 7.13. The van der Waals surface area contributed by atoms with Crippen molar-refractivity contribution < 1.29 is 0 Å². The lowest BCUT2D eigenvalue weighted by Crippen LogP contribution is -2.01. The van der Waals surface area contributed by atoms with Crippen molar-refractivity contribution >= 4 is 11.3 Å². The lowest BCUT2D eigenvalue weighted by molar-refractivity contribution is 0.670. The SMILES string of the molecule is C[CH]C(C)Cc1cccnc1-c1cccs1. The van der Waals surface area contributed by atoms with E-state index in [1.54, 1.807) is 11.3 Å². The van der Waals surface area contributed by atoms with Crippen molar-refractivity contribution in [1.82, 2.24) is 4.98 Å². The zero-order valence-corrected chi connectivity index (χ0v) is 10.5. The molecule has 16 heavy (non-hydrogen) atoms. The van der Waals surface area contributed by atoms with Crippen LogP contribution in [-0.4, -0.2) is 4.98 Å². The van der Waals surface area contributed by atoms with Gasteiger partial charge >= 0.3 is 0 Å². The van der Waals surface area contributed by atoms with Gasteiger partial charge in [0.2, 0.25) is 0 Å². The van der Waals surface area contributed by atoms with Crippen LogP contribution in [0, 0.1) is 12.3 Å². The van der Waals surface area contributed by atoms with Crippen molar-refractivity contribution in [3.8, 4) is 10.6 Å². The second kappa shape index (κ2) is 5.26. The normalized spacial score (nSPS) is 12.6. The molecule has 0 spiro atoms. The molecule has 0 fully saturated rings. The van der Waals surface area contributed by atoms with Gasteiger partial charge in [-0.2, -0.15) is 0 Å². The first-order valence-electron chi connectivity index (χ1n) is 5.58. The predicted molar refractivity (Wildman–Crippen MR) is 70.4 cm³/mol. The maximum absolute atomic E-state index is 4.51. The van der Waals surface area contributed by atoms with Gasteiger partial charge in [0.1, 0.15) is 0 Å². The molecule has 0 aliphatic rings. The molecule has 0 aliphatic heterocycles. The van der Waals surface area contributed by atoms with Crippen molar-refractivity contribution in [2.45, 2.75) is 20.3 Å². The summed E-state index contributed by atoms with van der Waals surface area (Å²) in [6.07, 6.45) is 5.18. The Morgan fingerprint density at radius 2 is 2.25 bits per heavy atom. The maximum Gasteiger partial charge on any atom is 0.0833 e. The van der Waals surface area contributed by atoms with Crippen molar-refractivity contribution in [3.05, 3.63) is 47.8 Å². The van der Waals surface area contributed by atoms with Crippen LogP contribution in [0.5, 0.6) is 0 Å². The van der Waals surface area contributed by atoms with Crippen LogP contribution in [0.2, 0.25) is 0 Å². The fourth-order valence-electron chi connectivity index (χ4n) is 1.70. The lowest BCUT2D eigenvalue weighted by Gasteiger charge is -2.11. The molecular formula is C14H16NS. The number of rotatable bonds is 4. The van der Waals surface area contributed by atoms with E-state index in [2.05, 4.69) is 48.8 Å². The van der Waals surface area contributed by atoms with Gasteiger partial charge in [0.25, 0.3) is 0 Å². The summed E-state index contributed by atoms with van der Waals surface area (Å²) in [7, 11) is 0. The zero-order chi connectivity index (χ0) is 11.4. The van der Waals surface area contributed by atoms with Crippen LogP contribution in [0.1, 0.15) is 19.4 Å². The van der Waals surface area contributed by atoms with Crippen LogP contribution in [0.4, 0.5) is 0 Å². The van der Waals surface area contributed by atoms with Crippen LogP contribution in [0.25, 0.3) is 10.6 Å². The smallest absolute Gasteiger partial charge is 0.0833 e. The Bertz CT molecular complexity index is 434. The molecule has 1 nitrogen and oxygen atoms in total. The monoisotopic (exact) mass is 230 g/mol. The highest BCUT2D eigenvalue weighted by Crippen LogP contribution is 2.27. The Balaban J connectivity index is 2.31. The van der Waals surface area contributed by atoms with E-state index < -0.39 is 0 Å². The van der Waals surface area contributed by atoms with Crippen LogP contribution in [0.3, 0.4) is 0 Å². The Morgan fingerprint density at radius 3 is 2.94 bits per heavy atom. The summed E-state index contributed by atoms with van der Waals surface area (Å²) in [5.74, 6) is 0.600. The summed E-state index contributed by atoms with van der Waals surface area (Å²) in [5.41, 5.74) is 2.49. The van der Waals surface area contributed by atoms with E-state index in [1.807, 2.05) is 12.3 Å². The van der Waals surface area contributed by atoms with E-state index >= 15 is 0 Å². The average molecular weight is 230 g/mol. The molecule has 0 N–H and O–H groups in total. The molecule has 1 atom stereocenters. The second-order valence-corrected chi connectivity index (χ2v) is 4.95. The van der Waals surface area contributed by atoms with Gasteiger partial charge in [-0.1, -0.05) is 26.0 Å². The molecule has 0 aliphatic carbocycles. The van der Waals surface area contributed by atoms with E-state index in [0.29, 0.717) is 5.92 Å². The number of pyridine rings is 1. The summed E-state index contributed by atoms with van der Waals surface area (Å²) in [6, 6.07) is 8.42. The summed E-state index contributed by atoms with van der Waals surface area (Å²) < 4.78 is 0. The first-order chi connectivity index (χ1) is 7.81. The minimum absolute atomic E-state index is 0.600. The van der Waals surface area contributed by atoms with E-state index in [-0.39, 0.29) is 0 Å². The van der Waals surface area contributed by atoms with Crippen LogP contribution in [0.15, 0.2) is 35.8 Å². The predicted octanol–water partition coefficient (Wildman–Crippen LogP) is 4.21. The van der Waals surface area contributed by atoms with Gasteiger partial charge in [-0.05, 0) is 41.8 Å². The molecule has 2 aromatic heterocycles. The minimum Gasteiger partial charge on any atom is -0.255 e. The molecule has 2 aromatic rings. The number of hydrogen-bond acceptors (Lipinski definition) is 2. The summed E-state index contributed by atoms with van der Waals surface area (Å²) >= 11 is 1.75. The number of aromatic nitrogens is 1. The molecule has 83 valence electrons. The molecule has 0 saturated heterocycles. The van der Waals surface area contributed by atoms with Crippen LogP contribution in [-0.2, 0) is 6.42 Å². The Kier molecular flexibility index (Phi) is 3.73. The molecule has 1 radical (unpaired) electrons. The topological polar surface area (TPSA) is 12.9 Å². The molecule has 0 amide bonds. The van der Waals surface area contributed by atoms with Gasteiger partial charge < -0.3 is 0 Å². The highest BCUT2D eigenvalue weighted by Gasteiger charge is 2.09. The molecule has 2 rings (SSSR count). The quantitative estimate of drug-likeness (QED) is 0.766. The fraction of sp³-hybridized carbons (Fsp3) is 0.286. The van der Waals surface area contributed by atoms with Gasteiger partial charge in [-0.15, -0.1) is 11.3 Å². The fourth-order valence-corrected chi connectivity index (χ4v) is 2.46. The Labute approximate surface area is 101 Å². The summed E-state index contributed by atoms with van der Waals surface area (Å²) in [4.78, 5) is 5.77. The molecule has 0 aromatic carbocycles. The molecule has 2 heterocycles. The average Bonchev–Trinajstić information content (AvgIpc) is 2.83. The maximum atomic E-state index is 4.51. The Morgan fingerprint density at radius 1 is 1.38 bits per heavy atom. The largest absolute Gasteiger partial charge is 0.255 e.